The average molecular weight is 306 g/mol. The number of fused-ring (bicyclic) bond motifs is 1. The highest BCUT2D eigenvalue weighted by Crippen LogP contribution is 2.39. The van der Waals surface area contributed by atoms with Crippen LogP contribution in [0.5, 0.6) is 0 Å². The first kappa shape index (κ1) is 13.5. The summed E-state index contributed by atoms with van der Waals surface area (Å²) in [6, 6.07) is 11.3. The lowest BCUT2D eigenvalue weighted by Crippen LogP contribution is -1.92. The molecule has 5 heteroatoms. The Hall–Kier alpha value is -1.52. The third-order valence-corrected chi connectivity index (χ3v) is 4.77. The van der Waals surface area contributed by atoms with Crippen molar-refractivity contribution in [2.45, 2.75) is 29.1 Å². The molecule has 3 nitrogen and oxygen atoms in total. The molecule has 0 aromatic heterocycles. The maximum absolute atomic E-state index is 11.1. The van der Waals surface area contributed by atoms with Crippen LogP contribution in [0.15, 0.2) is 46.2 Å². The Balaban J connectivity index is 1.95. The van der Waals surface area contributed by atoms with Crippen molar-refractivity contribution in [2.75, 3.05) is 0 Å². The van der Waals surface area contributed by atoms with Gasteiger partial charge >= 0.3 is 5.69 Å². The molecule has 102 valence electrons. The van der Waals surface area contributed by atoms with E-state index in [1.54, 1.807) is 18.2 Å². The van der Waals surface area contributed by atoms with E-state index in [9.17, 15) is 10.1 Å². The molecule has 0 saturated heterocycles. The van der Waals surface area contributed by atoms with E-state index >= 15 is 0 Å². The number of nitrogens with zero attached hydrogens (tertiary/aromatic N) is 1. The lowest BCUT2D eigenvalue weighted by atomic mass is 10.1. The van der Waals surface area contributed by atoms with Crippen molar-refractivity contribution in [1.29, 1.82) is 0 Å². The van der Waals surface area contributed by atoms with Gasteiger partial charge in [-0.1, -0.05) is 35.5 Å². The summed E-state index contributed by atoms with van der Waals surface area (Å²) in [5, 5.41) is 11.3. The van der Waals surface area contributed by atoms with E-state index in [0.717, 1.165) is 17.7 Å². The lowest BCUT2D eigenvalue weighted by molar-refractivity contribution is -0.387. The van der Waals surface area contributed by atoms with Crippen LogP contribution in [0.25, 0.3) is 0 Å². The second-order valence-corrected chi connectivity index (χ2v) is 6.25. The van der Waals surface area contributed by atoms with Crippen molar-refractivity contribution in [3.63, 3.8) is 0 Å². The minimum Gasteiger partial charge on any atom is -0.258 e. The molecule has 0 aliphatic heterocycles. The monoisotopic (exact) mass is 305 g/mol. The fourth-order valence-corrected chi connectivity index (χ4v) is 3.81. The molecule has 3 rings (SSSR count). The minimum absolute atomic E-state index is 0.0142. The highest BCUT2D eigenvalue weighted by atomic mass is 35.5. The molecule has 0 radical (unpaired) electrons. The highest BCUT2D eigenvalue weighted by molar-refractivity contribution is 7.99. The molecule has 0 fully saturated rings. The molecule has 0 amide bonds. The second kappa shape index (κ2) is 5.46. The van der Waals surface area contributed by atoms with Gasteiger partial charge < -0.3 is 0 Å². The molecule has 0 spiro atoms. The first-order valence-electron chi connectivity index (χ1n) is 6.38. The molecule has 20 heavy (non-hydrogen) atoms. The Morgan fingerprint density at radius 2 is 1.95 bits per heavy atom. The summed E-state index contributed by atoms with van der Waals surface area (Å²) in [4.78, 5) is 12.3. The van der Waals surface area contributed by atoms with E-state index in [1.807, 2.05) is 6.07 Å². The Morgan fingerprint density at radius 3 is 2.75 bits per heavy atom. The van der Waals surface area contributed by atoms with Gasteiger partial charge in [0, 0.05) is 4.90 Å². The predicted octanol–water partition coefficient (Wildman–Crippen LogP) is 4.89. The molecular formula is C15H12ClNO2S. The van der Waals surface area contributed by atoms with E-state index in [4.69, 9.17) is 11.6 Å². The first-order chi connectivity index (χ1) is 9.65. The summed E-state index contributed by atoms with van der Waals surface area (Å²) in [5.74, 6) is 0. The number of halogens is 1. The van der Waals surface area contributed by atoms with Crippen LogP contribution in [-0.2, 0) is 12.8 Å². The van der Waals surface area contributed by atoms with Gasteiger partial charge in [-0.15, -0.1) is 0 Å². The third kappa shape index (κ3) is 2.53. The van der Waals surface area contributed by atoms with Crippen molar-refractivity contribution in [1.82, 2.24) is 0 Å². The highest BCUT2D eigenvalue weighted by Gasteiger charge is 2.20. The zero-order valence-electron chi connectivity index (χ0n) is 10.6. The van der Waals surface area contributed by atoms with Crippen molar-refractivity contribution in [3.8, 4) is 0 Å². The van der Waals surface area contributed by atoms with Crippen molar-refractivity contribution >= 4 is 29.1 Å². The van der Waals surface area contributed by atoms with Crippen LogP contribution < -0.4 is 0 Å². The summed E-state index contributed by atoms with van der Waals surface area (Å²) in [5.41, 5.74) is 2.74. The van der Waals surface area contributed by atoms with Gasteiger partial charge in [-0.25, -0.2) is 0 Å². The van der Waals surface area contributed by atoms with Gasteiger partial charge in [0.25, 0.3) is 0 Å². The van der Waals surface area contributed by atoms with Crippen LogP contribution >= 0.6 is 23.4 Å². The normalized spacial score (nSPS) is 13.2. The molecular weight excluding hydrogens is 294 g/mol. The molecule has 2 aromatic carbocycles. The van der Waals surface area contributed by atoms with Crippen molar-refractivity contribution in [3.05, 3.63) is 62.7 Å². The van der Waals surface area contributed by atoms with Crippen LogP contribution in [0, 0.1) is 10.1 Å². The SMILES string of the molecule is O=[N+]([O-])c1c(Cl)cccc1Sc1ccc2c(c1)CCC2. The van der Waals surface area contributed by atoms with Gasteiger partial charge in [-0.05, 0) is 54.7 Å². The van der Waals surface area contributed by atoms with E-state index in [-0.39, 0.29) is 10.7 Å². The van der Waals surface area contributed by atoms with Gasteiger partial charge in [-0.2, -0.15) is 0 Å². The lowest BCUT2D eigenvalue weighted by Gasteiger charge is -2.06. The van der Waals surface area contributed by atoms with E-state index in [0.29, 0.717) is 4.90 Å². The maximum Gasteiger partial charge on any atom is 0.301 e. The Bertz CT molecular complexity index is 688. The molecule has 0 N–H and O–H groups in total. The molecule has 2 aromatic rings. The molecule has 0 unspecified atom stereocenters. The fourth-order valence-electron chi connectivity index (χ4n) is 2.49. The zero-order valence-corrected chi connectivity index (χ0v) is 12.2. The van der Waals surface area contributed by atoms with Gasteiger partial charge in [0.2, 0.25) is 0 Å². The topological polar surface area (TPSA) is 43.1 Å². The quantitative estimate of drug-likeness (QED) is 0.599. The summed E-state index contributed by atoms with van der Waals surface area (Å²) < 4.78 is 0. The Labute approximate surface area is 126 Å². The van der Waals surface area contributed by atoms with Crippen LogP contribution in [0.1, 0.15) is 17.5 Å². The summed E-state index contributed by atoms with van der Waals surface area (Å²) >= 11 is 7.33. The van der Waals surface area contributed by atoms with E-state index < -0.39 is 4.92 Å². The molecule has 0 bridgehead atoms. The van der Waals surface area contributed by atoms with Crippen LogP contribution in [0.4, 0.5) is 5.69 Å². The number of nitro benzene ring substituents is 1. The Morgan fingerprint density at radius 1 is 1.15 bits per heavy atom. The largest absolute Gasteiger partial charge is 0.301 e. The van der Waals surface area contributed by atoms with Crippen molar-refractivity contribution in [2.24, 2.45) is 0 Å². The molecule has 0 saturated carbocycles. The first-order valence-corrected chi connectivity index (χ1v) is 7.57. The number of aryl methyl sites for hydroxylation is 2. The smallest absolute Gasteiger partial charge is 0.258 e. The van der Waals surface area contributed by atoms with E-state index in [1.165, 1.54) is 29.3 Å². The molecule has 1 aliphatic rings. The van der Waals surface area contributed by atoms with Gasteiger partial charge in [-0.3, -0.25) is 10.1 Å². The van der Waals surface area contributed by atoms with Gasteiger partial charge in [0.05, 0.1) is 9.82 Å². The van der Waals surface area contributed by atoms with Gasteiger partial charge in [0.1, 0.15) is 5.02 Å². The van der Waals surface area contributed by atoms with Gasteiger partial charge in [0.15, 0.2) is 0 Å². The fraction of sp³-hybridized carbons (Fsp3) is 0.200. The molecule has 0 heterocycles. The van der Waals surface area contributed by atoms with Crippen molar-refractivity contribution < 1.29 is 4.92 Å². The number of hydrogen-bond acceptors (Lipinski definition) is 3. The Kier molecular flexibility index (Phi) is 3.68. The van der Waals surface area contributed by atoms with Crippen LogP contribution in [0.3, 0.4) is 0 Å². The number of para-hydroxylation sites is 1. The molecule has 0 atom stereocenters. The third-order valence-electron chi connectivity index (χ3n) is 3.43. The van der Waals surface area contributed by atoms with Crippen LogP contribution in [-0.4, -0.2) is 4.92 Å². The maximum atomic E-state index is 11.1. The number of nitro groups is 1. The summed E-state index contributed by atoms with van der Waals surface area (Å²) in [6.45, 7) is 0. The predicted molar refractivity (Wildman–Crippen MR) is 80.7 cm³/mol. The standard InChI is InChI=1S/C15H12ClNO2S/c16-13-5-2-6-14(15(13)17(18)19)20-12-8-7-10-3-1-4-11(10)9-12/h2,5-9H,1,3-4H2. The number of rotatable bonds is 3. The molecule has 1 aliphatic carbocycles. The summed E-state index contributed by atoms with van der Waals surface area (Å²) in [7, 11) is 0. The zero-order chi connectivity index (χ0) is 14.1. The number of hydrogen-bond donors (Lipinski definition) is 0. The summed E-state index contributed by atoms with van der Waals surface area (Å²) in [6.07, 6.45) is 3.43. The average Bonchev–Trinajstić information content (AvgIpc) is 2.85. The van der Waals surface area contributed by atoms with Crippen LogP contribution in [0.2, 0.25) is 5.02 Å². The minimum atomic E-state index is -0.419. The van der Waals surface area contributed by atoms with E-state index in [2.05, 4.69) is 12.1 Å². The number of benzene rings is 2. The second-order valence-electron chi connectivity index (χ2n) is 4.73.